The maximum atomic E-state index is 5.54. The topological polar surface area (TPSA) is 31.7 Å². The lowest BCUT2D eigenvalue weighted by Gasteiger charge is -2.27. The molecule has 0 fully saturated rings. The zero-order valence-corrected chi connectivity index (χ0v) is 13.5. The molecule has 0 saturated carbocycles. The SMILES string of the molecule is CN(C)C(=S)N1N=C(c2ccccn2)C[C@@H]1c1ccccc1. The molecule has 0 amide bonds. The summed E-state index contributed by atoms with van der Waals surface area (Å²) >= 11 is 5.54. The van der Waals surface area contributed by atoms with Gasteiger partial charge in [0.25, 0.3) is 0 Å². The lowest BCUT2D eigenvalue weighted by atomic mass is 10.0. The molecule has 2 aromatic rings. The van der Waals surface area contributed by atoms with Gasteiger partial charge in [0, 0.05) is 26.7 Å². The largest absolute Gasteiger partial charge is 0.354 e. The first-order valence-electron chi connectivity index (χ1n) is 7.21. The minimum absolute atomic E-state index is 0.119. The third-order valence-electron chi connectivity index (χ3n) is 3.63. The lowest BCUT2D eigenvalue weighted by Crippen LogP contribution is -2.35. The third-order valence-corrected chi connectivity index (χ3v) is 4.19. The average Bonchev–Trinajstić information content (AvgIpc) is 3.01. The standard InChI is InChI=1S/C17H18N4S/c1-20(2)17(22)21-16(13-8-4-3-5-9-13)12-15(19-21)14-10-6-7-11-18-14/h3-11,16H,12H2,1-2H3/t16-/m1/s1. The van der Waals surface area contributed by atoms with Crippen molar-refractivity contribution in [2.24, 2.45) is 5.10 Å². The number of aromatic nitrogens is 1. The number of benzene rings is 1. The maximum absolute atomic E-state index is 5.54. The molecule has 2 heterocycles. The van der Waals surface area contributed by atoms with Gasteiger partial charge in [0.2, 0.25) is 0 Å². The van der Waals surface area contributed by atoms with E-state index in [2.05, 4.69) is 17.1 Å². The summed E-state index contributed by atoms with van der Waals surface area (Å²) in [5.74, 6) is 0. The zero-order valence-electron chi connectivity index (χ0n) is 12.7. The van der Waals surface area contributed by atoms with Crippen LogP contribution in [-0.2, 0) is 0 Å². The molecule has 4 nitrogen and oxygen atoms in total. The molecule has 5 heteroatoms. The molecule has 1 atom stereocenters. The van der Waals surface area contributed by atoms with Gasteiger partial charge in [-0.2, -0.15) is 5.10 Å². The second-order valence-electron chi connectivity index (χ2n) is 5.41. The van der Waals surface area contributed by atoms with Crippen LogP contribution >= 0.6 is 12.2 Å². The molecular weight excluding hydrogens is 292 g/mol. The molecule has 0 aliphatic carbocycles. The van der Waals surface area contributed by atoms with Crippen LogP contribution in [-0.4, -0.2) is 39.8 Å². The summed E-state index contributed by atoms with van der Waals surface area (Å²) in [7, 11) is 3.89. The molecule has 112 valence electrons. The van der Waals surface area contributed by atoms with Crippen LogP contribution in [0.25, 0.3) is 0 Å². The monoisotopic (exact) mass is 310 g/mol. The van der Waals surface area contributed by atoms with Gasteiger partial charge < -0.3 is 4.90 Å². The number of pyridine rings is 1. The van der Waals surface area contributed by atoms with Gasteiger partial charge >= 0.3 is 0 Å². The van der Waals surface area contributed by atoms with Gasteiger partial charge in [-0.3, -0.25) is 4.98 Å². The number of thiocarbonyl (C=S) groups is 1. The molecule has 0 bridgehead atoms. The van der Waals surface area contributed by atoms with E-state index in [1.807, 2.05) is 60.4 Å². The van der Waals surface area contributed by atoms with E-state index >= 15 is 0 Å². The van der Waals surface area contributed by atoms with Gasteiger partial charge in [0.05, 0.1) is 17.4 Å². The highest BCUT2D eigenvalue weighted by molar-refractivity contribution is 7.80. The number of rotatable bonds is 2. The quantitative estimate of drug-likeness (QED) is 0.798. The Bertz CT molecular complexity index is 682. The summed E-state index contributed by atoms with van der Waals surface area (Å²) in [4.78, 5) is 6.33. The van der Waals surface area contributed by atoms with Crippen LogP contribution in [0, 0.1) is 0 Å². The molecular formula is C17H18N4S. The number of hydrogen-bond donors (Lipinski definition) is 0. The summed E-state index contributed by atoms with van der Waals surface area (Å²) in [6, 6.07) is 16.4. The Morgan fingerprint density at radius 3 is 2.50 bits per heavy atom. The highest BCUT2D eigenvalue weighted by atomic mass is 32.1. The normalized spacial score (nSPS) is 17.3. The summed E-state index contributed by atoms with van der Waals surface area (Å²) in [6.07, 6.45) is 2.59. The van der Waals surface area contributed by atoms with Crippen molar-refractivity contribution in [1.82, 2.24) is 14.9 Å². The van der Waals surface area contributed by atoms with Crippen LogP contribution in [0.5, 0.6) is 0 Å². The smallest absolute Gasteiger partial charge is 0.192 e. The zero-order chi connectivity index (χ0) is 15.5. The maximum Gasteiger partial charge on any atom is 0.192 e. The van der Waals surface area contributed by atoms with Crippen LogP contribution in [0.2, 0.25) is 0 Å². The van der Waals surface area contributed by atoms with Crippen molar-refractivity contribution in [3.05, 3.63) is 66.0 Å². The van der Waals surface area contributed by atoms with Crippen LogP contribution in [0.15, 0.2) is 59.8 Å². The molecule has 0 spiro atoms. The average molecular weight is 310 g/mol. The molecule has 22 heavy (non-hydrogen) atoms. The van der Waals surface area contributed by atoms with E-state index in [1.54, 1.807) is 6.20 Å². The fourth-order valence-corrected chi connectivity index (χ4v) is 2.68. The van der Waals surface area contributed by atoms with E-state index in [4.69, 9.17) is 17.3 Å². The molecule has 1 aliphatic heterocycles. The number of hydrazone groups is 1. The molecule has 1 aromatic carbocycles. The van der Waals surface area contributed by atoms with Crippen molar-refractivity contribution >= 4 is 23.0 Å². The third kappa shape index (κ3) is 2.85. The second-order valence-corrected chi connectivity index (χ2v) is 5.78. The van der Waals surface area contributed by atoms with E-state index in [-0.39, 0.29) is 6.04 Å². The Morgan fingerprint density at radius 1 is 1.14 bits per heavy atom. The van der Waals surface area contributed by atoms with Crippen molar-refractivity contribution in [3.8, 4) is 0 Å². The Balaban J connectivity index is 1.96. The first-order valence-corrected chi connectivity index (χ1v) is 7.62. The lowest BCUT2D eigenvalue weighted by molar-refractivity contribution is 0.336. The van der Waals surface area contributed by atoms with E-state index in [1.165, 1.54) is 5.56 Å². The Hall–Kier alpha value is -2.27. The highest BCUT2D eigenvalue weighted by Gasteiger charge is 2.32. The van der Waals surface area contributed by atoms with Crippen LogP contribution in [0.4, 0.5) is 0 Å². The van der Waals surface area contributed by atoms with Gasteiger partial charge in [-0.05, 0) is 29.9 Å². The van der Waals surface area contributed by atoms with E-state index in [9.17, 15) is 0 Å². The Kier molecular flexibility index (Phi) is 4.15. The van der Waals surface area contributed by atoms with Crippen LogP contribution < -0.4 is 0 Å². The predicted octanol–water partition coefficient (Wildman–Crippen LogP) is 3.08. The molecule has 0 N–H and O–H groups in total. The molecule has 0 unspecified atom stereocenters. The molecule has 3 rings (SSSR count). The molecule has 1 aromatic heterocycles. The van der Waals surface area contributed by atoms with Gasteiger partial charge in [0.15, 0.2) is 5.11 Å². The van der Waals surface area contributed by atoms with E-state index in [0.29, 0.717) is 5.11 Å². The Labute approximate surface area is 136 Å². The summed E-state index contributed by atoms with van der Waals surface area (Å²) < 4.78 is 0. The fourth-order valence-electron chi connectivity index (χ4n) is 2.51. The van der Waals surface area contributed by atoms with Crippen molar-refractivity contribution < 1.29 is 0 Å². The molecule has 0 radical (unpaired) electrons. The second kappa shape index (κ2) is 6.23. The minimum Gasteiger partial charge on any atom is -0.354 e. The van der Waals surface area contributed by atoms with Crippen molar-refractivity contribution in [2.75, 3.05) is 14.1 Å². The van der Waals surface area contributed by atoms with Crippen molar-refractivity contribution in [3.63, 3.8) is 0 Å². The van der Waals surface area contributed by atoms with Crippen molar-refractivity contribution in [1.29, 1.82) is 0 Å². The summed E-state index contributed by atoms with van der Waals surface area (Å²) in [5, 5.41) is 7.38. The predicted molar refractivity (Wildman–Crippen MR) is 92.7 cm³/mol. The van der Waals surface area contributed by atoms with Crippen LogP contribution in [0.3, 0.4) is 0 Å². The van der Waals surface area contributed by atoms with Gasteiger partial charge in [-0.15, -0.1) is 0 Å². The molecule has 0 saturated heterocycles. The number of hydrogen-bond acceptors (Lipinski definition) is 3. The summed E-state index contributed by atoms with van der Waals surface area (Å²) in [6.45, 7) is 0. The molecule has 1 aliphatic rings. The first-order chi connectivity index (χ1) is 10.7. The van der Waals surface area contributed by atoms with E-state index in [0.717, 1.165) is 17.8 Å². The van der Waals surface area contributed by atoms with Crippen molar-refractivity contribution in [2.45, 2.75) is 12.5 Å². The Morgan fingerprint density at radius 2 is 1.86 bits per heavy atom. The fraction of sp³-hybridized carbons (Fsp3) is 0.235. The van der Waals surface area contributed by atoms with Gasteiger partial charge in [-0.1, -0.05) is 36.4 Å². The van der Waals surface area contributed by atoms with E-state index < -0.39 is 0 Å². The van der Waals surface area contributed by atoms with Gasteiger partial charge in [0.1, 0.15) is 0 Å². The highest BCUT2D eigenvalue weighted by Crippen LogP contribution is 2.32. The van der Waals surface area contributed by atoms with Gasteiger partial charge in [-0.25, -0.2) is 5.01 Å². The van der Waals surface area contributed by atoms with Crippen LogP contribution in [0.1, 0.15) is 23.7 Å². The minimum atomic E-state index is 0.119. The first kappa shape index (κ1) is 14.7. The number of nitrogens with zero attached hydrogens (tertiary/aromatic N) is 4. The summed E-state index contributed by atoms with van der Waals surface area (Å²) in [5.41, 5.74) is 3.09.